The fourth-order valence-corrected chi connectivity index (χ4v) is 2.11. The molecule has 0 bridgehead atoms. The van der Waals surface area contributed by atoms with Gasteiger partial charge < -0.3 is 9.84 Å². The molecule has 128 valence electrons. The van der Waals surface area contributed by atoms with Crippen molar-refractivity contribution in [3.63, 3.8) is 0 Å². The third-order valence-corrected chi connectivity index (χ3v) is 3.56. The Labute approximate surface area is 131 Å². The molecule has 1 aliphatic rings. The molecular weight excluding hydrogens is 337 g/mol. The fourth-order valence-electron chi connectivity index (χ4n) is 2.11. The van der Waals surface area contributed by atoms with Crippen LogP contribution >= 0.6 is 0 Å². The first-order chi connectivity index (χ1) is 11.1. The lowest BCUT2D eigenvalue weighted by atomic mass is 10.1. The highest BCUT2D eigenvalue weighted by Gasteiger charge is 2.61. The molecule has 0 unspecified atom stereocenters. The summed E-state index contributed by atoms with van der Waals surface area (Å²) in [6.45, 7) is 1.59. The zero-order chi connectivity index (χ0) is 17.7. The molecule has 5 nitrogen and oxygen atoms in total. The first kappa shape index (κ1) is 16.3. The van der Waals surface area contributed by atoms with Crippen LogP contribution in [0.2, 0.25) is 0 Å². The molecule has 10 heteroatoms. The van der Waals surface area contributed by atoms with Crippen molar-refractivity contribution in [2.75, 3.05) is 5.32 Å². The highest BCUT2D eigenvalue weighted by Crippen LogP contribution is 2.49. The molecule has 24 heavy (non-hydrogen) atoms. The van der Waals surface area contributed by atoms with Gasteiger partial charge in [-0.15, -0.1) is 0 Å². The van der Waals surface area contributed by atoms with Gasteiger partial charge in [0.25, 0.3) is 17.6 Å². The van der Waals surface area contributed by atoms with Crippen LogP contribution in [0.15, 0.2) is 22.7 Å². The molecule has 1 heterocycles. The van der Waals surface area contributed by atoms with E-state index in [0.29, 0.717) is 5.56 Å². The molecule has 0 spiro atoms. The highest BCUT2D eigenvalue weighted by molar-refractivity contribution is 5.95. The van der Waals surface area contributed by atoms with Gasteiger partial charge in [0.15, 0.2) is 0 Å². The van der Waals surface area contributed by atoms with E-state index in [4.69, 9.17) is 0 Å². The molecule has 1 aliphatic carbocycles. The van der Waals surface area contributed by atoms with Gasteiger partial charge in [0.1, 0.15) is 5.92 Å². The van der Waals surface area contributed by atoms with E-state index in [0.717, 1.165) is 0 Å². The van der Waals surface area contributed by atoms with Crippen LogP contribution in [0.3, 0.4) is 0 Å². The van der Waals surface area contributed by atoms with Gasteiger partial charge in [0.05, 0.1) is 0 Å². The Morgan fingerprint density at radius 1 is 1.38 bits per heavy atom. The summed E-state index contributed by atoms with van der Waals surface area (Å²) in [5.74, 6) is -7.05. The van der Waals surface area contributed by atoms with Crippen LogP contribution in [0.4, 0.5) is 27.6 Å². The van der Waals surface area contributed by atoms with Gasteiger partial charge in [0.2, 0.25) is 5.91 Å². The zero-order valence-corrected chi connectivity index (χ0v) is 12.1. The Hall–Kier alpha value is -2.52. The summed E-state index contributed by atoms with van der Waals surface area (Å²) in [7, 11) is 0. The Morgan fingerprint density at radius 3 is 2.58 bits per heavy atom. The lowest BCUT2D eigenvalue weighted by Gasteiger charge is -2.07. The molecule has 0 aliphatic heterocycles. The number of anilines is 1. The largest absolute Gasteiger partial charge is 0.455 e. The molecule has 1 atom stereocenters. The molecule has 1 N–H and O–H groups in total. The van der Waals surface area contributed by atoms with Crippen LogP contribution < -0.4 is 5.32 Å². The second-order valence-electron chi connectivity index (χ2n) is 5.46. The second kappa shape index (κ2) is 5.25. The van der Waals surface area contributed by atoms with Crippen LogP contribution in [0, 0.1) is 12.8 Å². The average molecular weight is 347 g/mol. The maximum Gasteiger partial charge on any atom is 0.455 e. The van der Waals surface area contributed by atoms with Crippen molar-refractivity contribution in [1.29, 1.82) is 0 Å². The summed E-state index contributed by atoms with van der Waals surface area (Å²) in [6.07, 6.45) is -5.27. The minimum absolute atomic E-state index is 0.148. The predicted octanol–water partition coefficient (Wildman–Crippen LogP) is 3.66. The van der Waals surface area contributed by atoms with Gasteiger partial charge in [-0.3, -0.25) is 4.79 Å². The fraction of sp³-hybridized carbons (Fsp3) is 0.357. The van der Waals surface area contributed by atoms with Crippen LogP contribution in [0.25, 0.3) is 11.5 Å². The van der Waals surface area contributed by atoms with Gasteiger partial charge >= 0.3 is 6.18 Å². The lowest BCUT2D eigenvalue weighted by Crippen LogP contribution is -2.17. The van der Waals surface area contributed by atoms with E-state index in [1.165, 1.54) is 18.2 Å². The van der Waals surface area contributed by atoms with Crippen molar-refractivity contribution in [3.8, 4) is 11.5 Å². The first-order valence-electron chi connectivity index (χ1n) is 6.78. The number of carbonyl (C=O) groups is 1. The van der Waals surface area contributed by atoms with Crippen molar-refractivity contribution in [2.24, 2.45) is 5.92 Å². The monoisotopic (exact) mass is 347 g/mol. The van der Waals surface area contributed by atoms with Gasteiger partial charge in [0, 0.05) is 17.7 Å². The van der Waals surface area contributed by atoms with E-state index < -0.39 is 36.2 Å². The van der Waals surface area contributed by atoms with Crippen molar-refractivity contribution in [2.45, 2.75) is 25.4 Å². The van der Waals surface area contributed by atoms with Crippen molar-refractivity contribution in [3.05, 3.63) is 29.6 Å². The molecule has 1 fully saturated rings. The smallest absolute Gasteiger partial charge is 0.334 e. The highest BCUT2D eigenvalue weighted by atomic mass is 19.4. The Morgan fingerprint density at radius 2 is 2.04 bits per heavy atom. The maximum absolute atomic E-state index is 12.9. The molecule has 0 radical (unpaired) electrons. The standard InChI is InChI=1S/C14H10F5N3O2/c1-6-2-3-7(20-10(23)9-5-13(9,15)16)4-8(6)11-21-12(22-24-11)14(17,18)19/h2-4,9H,5H2,1H3,(H,20,23)/t9-/m0/s1. The molecule has 2 aromatic rings. The number of rotatable bonds is 3. The van der Waals surface area contributed by atoms with Gasteiger partial charge in [-0.25, -0.2) is 8.78 Å². The SMILES string of the molecule is Cc1ccc(NC(=O)[C@@H]2CC2(F)F)cc1-c1nc(C(F)(F)F)no1. The van der Waals surface area contributed by atoms with E-state index in [-0.39, 0.29) is 17.1 Å². The van der Waals surface area contributed by atoms with Crippen LogP contribution in [0.1, 0.15) is 17.8 Å². The molecular formula is C14H10F5N3O2. The minimum atomic E-state index is -4.75. The molecule has 1 saturated carbocycles. The number of aromatic nitrogens is 2. The van der Waals surface area contributed by atoms with Crippen LogP contribution in [-0.4, -0.2) is 22.0 Å². The molecule has 0 saturated heterocycles. The molecule has 3 rings (SSSR count). The van der Waals surface area contributed by atoms with Crippen LogP contribution in [-0.2, 0) is 11.0 Å². The number of nitrogens with zero attached hydrogens (tertiary/aromatic N) is 2. The predicted molar refractivity (Wildman–Crippen MR) is 71.2 cm³/mol. The number of hydrogen-bond acceptors (Lipinski definition) is 4. The number of hydrogen-bond donors (Lipinski definition) is 1. The van der Waals surface area contributed by atoms with Gasteiger partial charge in [-0.1, -0.05) is 11.2 Å². The van der Waals surface area contributed by atoms with E-state index >= 15 is 0 Å². The number of nitrogens with one attached hydrogen (secondary N) is 1. The third-order valence-electron chi connectivity index (χ3n) is 3.56. The number of aryl methyl sites for hydroxylation is 1. The first-order valence-corrected chi connectivity index (χ1v) is 6.78. The van der Waals surface area contributed by atoms with Crippen molar-refractivity contribution >= 4 is 11.6 Å². The number of halogens is 5. The van der Waals surface area contributed by atoms with Crippen molar-refractivity contribution in [1.82, 2.24) is 10.1 Å². The summed E-state index contributed by atoms with van der Waals surface area (Å²) in [5.41, 5.74) is 0.829. The number of benzene rings is 1. The maximum atomic E-state index is 12.9. The number of carbonyl (C=O) groups excluding carboxylic acids is 1. The van der Waals surface area contributed by atoms with Gasteiger partial charge in [-0.05, 0) is 24.6 Å². The number of alkyl halides is 5. The Balaban J connectivity index is 1.84. The normalized spacial score (nSPS) is 19.2. The van der Waals surface area contributed by atoms with Crippen LogP contribution in [0.5, 0.6) is 0 Å². The molecule has 1 amide bonds. The molecule has 1 aromatic heterocycles. The zero-order valence-electron chi connectivity index (χ0n) is 12.1. The summed E-state index contributed by atoms with van der Waals surface area (Å²) >= 11 is 0. The van der Waals surface area contributed by atoms with Gasteiger partial charge in [-0.2, -0.15) is 18.2 Å². The Kier molecular flexibility index (Phi) is 3.57. The Bertz CT molecular complexity index is 800. The summed E-state index contributed by atoms with van der Waals surface area (Å²) in [4.78, 5) is 14.9. The molecule has 1 aromatic carbocycles. The van der Waals surface area contributed by atoms with E-state index in [2.05, 4.69) is 20.0 Å². The second-order valence-corrected chi connectivity index (χ2v) is 5.46. The van der Waals surface area contributed by atoms with E-state index in [9.17, 15) is 26.7 Å². The number of amides is 1. The minimum Gasteiger partial charge on any atom is -0.334 e. The summed E-state index contributed by atoms with van der Waals surface area (Å²) in [5, 5.41) is 5.16. The third kappa shape index (κ3) is 3.08. The quantitative estimate of drug-likeness (QED) is 0.861. The van der Waals surface area contributed by atoms with E-state index in [1.807, 2.05) is 0 Å². The average Bonchev–Trinajstić information content (AvgIpc) is 2.90. The van der Waals surface area contributed by atoms with E-state index in [1.54, 1.807) is 6.92 Å². The summed E-state index contributed by atoms with van der Waals surface area (Å²) in [6, 6.07) is 4.23. The topological polar surface area (TPSA) is 68.0 Å². The van der Waals surface area contributed by atoms with Crippen molar-refractivity contribution < 1.29 is 31.3 Å². The lowest BCUT2D eigenvalue weighted by molar-refractivity contribution is -0.146. The summed E-state index contributed by atoms with van der Waals surface area (Å²) < 4.78 is 67.9.